The van der Waals surface area contributed by atoms with Crippen LogP contribution in [0.3, 0.4) is 0 Å². The average Bonchev–Trinajstić information content (AvgIpc) is 3.37. The maximum absolute atomic E-state index is 2.43. The number of halogens is 2. The molecule has 0 spiro atoms. The van der Waals surface area contributed by atoms with Crippen LogP contribution in [-0.4, -0.2) is 3.26 Å². The van der Waals surface area contributed by atoms with E-state index in [4.69, 9.17) is 0 Å². The van der Waals surface area contributed by atoms with Crippen molar-refractivity contribution in [3.8, 4) is 11.1 Å². The number of benzene rings is 3. The van der Waals surface area contributed by atoms with Gasteiger partial charge in [0.1, 0.15) is 0 Å². The molecule has 0 amide bonds. The number of fused-ring (bicyclic) bond motifs is 3. The molecule has 2 aliphatic rings. The molecule has 29 heavy (non-hydrogen) atoms. The summed E-state index contributed by atoms with van der Waals surface area (Å²) in [4.78, 5) is 0. The summed E-state index contributed by atoms with van der Waals surface area (Å²) >= 11 is -2.38. The maximum Gasteiger partial charge on any atom is -0.147 e. The third kappa shape index (κ3) is 3.93. The Bertz CT molecular complexity index is 1060. The summed E-state index contributed by atoms with van der Waals surface area (Å²) in [6.45, 7) is 2.42. The molecular formula is C26H24Cl2Hf. The summed E-state index contributed by atoms with van der Waals surface area (Å²) in [5.41, 5.74) is 7.46. The van der Waals surface area contributed by atoms with Gasteiger partial charge in [0.05, 0.1) is 0 Å². The normalized spacial score (nSPS) is 14.9. The molecule has 0 saturated carbocycles. The van der Waals surface area contributed by atoms with E-state index in [1.54, 1.807) is 17.7 Å². The van der Waals surface area contributed by atoms with E-state index in [1.807, 2.05) is 0 Å². The van der Waals surface area contributed by atoms with E-state index in [1.165, 1.54) is 16.7 Å². The minimum atomic E-state index is -2.38. The zero-order valence-electron chi connectivity index (χ0n) is 16.3. The molecule has 0 fully saturated rings. The van der Waals surface area contributed by atoms with Gasteiger partial charge in [0, 0.05) is 0 Å². The van der Waals surface area contributed by atoms with E-state index in [0.717, 1.165) is 6.42 Å². The molecule has 146 valence electrons. The smallest absolute Gasteiger partial charge is 0.147 e. The first-order valence-electron chi connectivity index (χ1n) is 9.65. The molecule has 5 rings (SSSR count). The van der Waals surface area contributed by atoms with Crippen LogP contribution in [0.5, 0.6) is 0 Å². The molecule has 2 aliphatic carbocycles. The first-order valence-corrected chi connectivity index (χ1v) is 15.3. The first kappa shape index (κ1) is 22.2. The van der Waals surface area contributed by atoms with Crippen molar-refractivity contribution < 1.29 is 21.0 Å². The van der Waals surface area contributed by atoms with E-state index < -0.39 is 21.0 Å². The number of hydrogen-bond donors (Lipinski definition) is 0. The molecule has 3 heteroatoms. The van der Waals surface area contributed by atoms with Gasteiger partial charge in [-0.15, -0.1) is 24.8 Å². The van der Waals surface area contributed by atoms with Crippen LogP contribution < -0.4 is 0 Å². The molecule has 0 N–H and O–H groups in total. The zero-order valence-corrected chi connectivity index (χ0v) is 21.6. The summed E-state index contributed by atoms with van der Waals surface area (Å²) in [6, 6.07) is 29.3. The van der Waals surface area contributed by atoms with Crippen LogP contribution in [0.15, 0.2) is 100 Å². The average molecular weight is 586 g/mol. The molecule has 0 bridgehead atoms. The fraction of sp³-hybridized carbons (Fsp3) is 0.115. The van der Waals surface area contributed by atoms with Crippen molar-refractivity contribution in [1.82, 2.24) is 0 Å². The Kier molecular flexibility index (Phi) is 7.27. The Morgan fingerprint density at radius 1 is 0.759 bits per heavy atom. The minimum absolute atomic E-state index is 0. The minimum Gasteiger partial charge on any atom is -0.147 e. The van der Waals surface area contributed by atoms with E-state index in [2.05, 4.69) is 104 Å². The third-order valence-corrected chi connectivity index (χ3v) is 17.9. The Balaban J connectivity index is 0.00000120. The molecule has 0 heterocycles. The summed E-state index contributed by atoms with van der Waals surface area (Å²) in [5, 5.41) is 0. The first-order chi connectivity index (χ1) is 13.3. The van der Waals surface area contributed by atoms with Gasteiger partial charge < -0.3 is 0 Å². The van der Waals surface area contributed by atoms with Crippen molar-refractivity contribution in [3.05, 3.63) is 117 Å². The predicted molar refractivity (Wildman–Crippen MR) is 126 cm³/mol. The molecular weight excluding hydrogens is 562 g/mol. The van der Waals surface area contributed by atoms with Gasteiger partial charge in [-0.25, -0.2) is 0 Å². The molecule has 0 aromatic heterocycles. The second kappa shape index (κ2) is 9.51. The van der Waals surface area contributed by atoms with Crippen molar-refractivity contribution in [2.24, 2.45) is 0 Å². The fourth-order valence-electron chi connectivity index (χ4n) is 4.60. The van der Waals surface area contributed by atoms with Crippen molar-refractivity contribution in [3.63, 3.8) is 0 Å². The monoisotopic (exact) mass is 586 g/mol. The van der Waals surface area contributed by atoms with Crippen molar-refractivity contribution in [2.75, 3.05) is 0 Å². The molecule has 0 atom stereocenters. The van der Waals surface area contributed by atoms with Gasteiger partial charge in [0.25, 0.3) is 0 Å². The molecule has 0 nitrogen and oxygen atoms in total. The summed E-state index contributed by atoms with van der Waals surface area (Å²) in [6.07, 6.45) is 8.18. The number of rotatable bonds is 3. The van der Waals surface area contributed by atoms with E-state index in [0.29, 0.717) is 3.67 Å². The topological polar surface area (TPSA) is 0 Å². The quantitative estimate of drug-likeness (QED) is 0.283. The van der Waals surface area contributed by atoms with Crippen LogP contribution in [0, 0.1) is 0 Å². The molecule has 0 saturated heterocycles. The van der Waals surface area contributed by atoms with Crippen molar-refractivity contribution in [1.29, 1.82) is 0 Å². The Hall–Kier alpha value is -1.54. The van der Waals surface area contributed by atoms with Crippen LogP contribution in [0.1, 0.15) is 33.7 Å². The molecule has 3 aromatic carbocycles. The van der Waals surface area contributed by atoms with Crippen molar-refractivity contribution >= 4 is 28.1 Å². The second-order valence-corrected chi connectivity index (χ2v) is 17.4. The van der Waals surface area contributed by atoms with Gasteiger partial charge in [0.15, 0.2) is 0 Å². The fourth-order valence-corrected chi connectivity index (χ4v) is 17.2. The maximum atomic E-state index is 2.43. The summed E-state index contributed by atoms with van der Waals surface area (Å²) in [5.74, 6) is 0. The Morgan fingerprint density at radius 2 is 1.31 bits per heavy atom. The van der Waals surface area contributed by atoms with E-state index >= 15 is 0 Å². The van der Waals surface area contributed by atoms with Crippen LogP contribution in [0.4, 0.5) is 0 Å². The third-order valence-electron chi connectivity index (χ3n) is 5.85. The summed E-state index contributed by atoms with van der Waals surface area (Å²) < 4.78 is 4.00. The van der Waals surface area contributed by atoms with Crippen LogP contribution in [-0.2, 0) is 21.0 Å². The van der Waals surface area contributed by atoms with Crippen LogP contribution in [0.25, 0.3) is 11.1 Å². The molecule has 3 aromatic rings. The van der Waals surface area contributed by atoms with E-state index in [9.17, 15) is 0 Å². The van der Waals surface area contributed by atoms with Crippen LogP contribution in [0.2, 0.25) is 0 Å². The molecule has 0 radical (unpaired) electrons. The molecule has 0 aliphatic heterocycles. The Labute approximate surface area is 193 Å². The van der Waals surface area contributed by atoms with Crippen molar-refractivity contribution in [2.45, 2.75) is 17.0 Å². The van der Waals surface area contributed by atoms with Gasteiger partial charge in [-0.2, -0.15) is 0 Å². The predicted octanol–water partition coefficient (Wildman–Crippen LogP) is 7.30. The standard InChI is InChI=1S/C13H9.C8H8.C5H5.2ClH.Hf/c1-3-7-12-10(5-1)9-11-6-2-4-8-13(11)12;1-2-8-6-4-3-5-7-8;1-2-4-5-3-1;;;/h1-9H;3-7H,1H3;1-3H,4H2;2*1H;. The number of hydrogen-bond acceptors (Lipinski definition) is 0. The van der Waals surface area contributed by atoms with Gasteiger partial charge in [-0.05, 0) is 0 Å². The van der Waals surface area contributed by atoms with Crippen LogP contribution >= 0.6 is 24.8 Å². The largest absolute Gasteiger partial charge is 0.147 e. The Morgan fingerprint density at radius 3 is 1.86 bits per heavy atom. The SMILES string of the molecule is C/[C](c1ccccc1)=[Hf](/[C]1=CC=CC1)[CH]1c2ccccc2-c2ccccc21.Cl.Cl. The molecule has 0 unspecified atom stereocenters. The van der Waals surface area contributed by atoms with Gasteiger partial charge in [0.2, 0.25) is 0 Å². The zero-order chi connectivity index (χ0) is 18.2. The number of allylic oxidation sites excluding steroid dienone is 4. The van der Waals surface area contributed by atoms with Gasteiger partial charge in [-0.1, -0.05) is 0 Å². The summed E-state index contributed by atoms with van der Waals surface area (Å²) in [7, 11) is 0. The van der Waals surface area contributed by atoms with E-state index in [-0.39, 0.29) is 24.8 Å². The second-order valence-electron chi connectivity index (χ2n) is 7.34. The van der Waals surface area contributed by atoms with Gasteiger partial charge in [-0.3, -0.25) is 0 Å². The van der Waals surface area contributed by atoms with Gasteiger partial charge >= 0.3 is 169 Å².